The Kier molecular flexibility index (Phi) is 5.94. The molecule has 8 nitrogen and oxygen atoms in total. The summed E-state index contributed by atoms with van der Waals surface area (Å²) in [6, 6.07) is 11.3. The van der Waals surface area contributed by atoms with Crippen LogP contribution in [0.3, 0.4) is 0 Å². The van der Waals surface area contributed by atoms with Crippen LogP contribution in [0.2, 0.25) is 0 Å². The number of amides is 2. The number of methoxy groups -OCH3 is 2. The molecule has 0 aromatic heterocycles. The van der Waals surface area contributed by atoms with Crippen molar-refractivity contribution in [2.24, 2.45) is 5.10 Å². The summed E-state index contributed by atoms with van der Waals surface area (Å²) in [4.78, 5) is 23.5. The minimum Gasteiger partial charge on any atom is -0.504 e. The van der Waals surface area contributed by atoms with E-state index >= 15 is 0 Å². The summed E-state index contributed by atoms with van der Waals surface area (Å²) in [6.45, 7) is 0. The summed E-state index contributed by atoms with van der Waals surface area (Å²) in [6.07, 6.45) is 1.20. The van der Waals surface area contributed by atoms with Crippen LogP contribution in [0.4, 0.5) is 5.69 Å². The second kappa shape index (κ2) is 8.34. The highest BCUT2D eigenvalue weighted by Gasteiger charge is 2.13. The molecule has 0 bridgehead atoms. The fourth-order valence-corrected chi connectivity index (χ4v) is 1.88. The maximum Gasteiger partial charge on any atom is 0.329 e. The molecule has 0 heterocycles. The summed E-state index contributed by atoms with van der Waals surface area (Å²) < 4.78 is 9.96. The second-order valence-electron chi connectivity index (χ2n) is 4.78. The fraction of sp³-hybridized carbons (Fsp3) is 0.118. The molecule has 3 N–H and O–H groups in total. The molecule has 0 unspecified atom stereocenters. The zero-order chi connectivity index (χ0) is 18.2. The third-order valence-electron chi connectivity index (χ3n) is 3.17. The van der Waals surface area contributed by atoms with Gasteiger partial charge in [-0.15, -0.1) is 0 Å². The first kappa shape index (κ1) is 17.8. The third kappa shape index (κ3) is 4.71. The number of nitrogens with zero attached hydrogens (tertiary/aromatic N) is 1. The molecule has 0 saturated carbocycles. The number of aromatic hydroxyl groups is 1. The lowest BCUT2D eigenvalue weighted by Gasteiger charge is -2.06. The lowest BCUT2D eigenvalue weighted by molar-refractivity contribution is -0.136. The summed E-state index contributed by atoms with van der Waals surface area (Å²) in [5.41, 5.74) is 2.85. The van der Waals surface area contributed by atoms with Crippen molar-refractivity contribution in [3.63, 3.8) is 0 Å². The Labute approximate surface area is 144 Å². The van der Waals surface area contributed by atoms with Gasteiger partial charge in [0, 0.05) is 11.3 Å². The van der Waals surface area contributed by atoms with E-state index in [4.69, 9.17) is 9.47 Å². The molecule has 0 aliphatic carbocycles. The SMILES string of the molecule is COc1ccc(NC(=O)C(=O)N/N=C/c2cccc(OC)c2O)cc1. The predicted molar refractivity (Wildman–Crippen MR) is 92.0 cm³/mol. The second-order valence-corrected chi connectivity index (χ2v) is 4.78. The van der Waals surface area contributed by atoms with E-state index in [2.05, 4.69) is 15.8 Å². The van der Waals surface area contributed by atoms with Gasteiger partial charge in [-0.25, -0.2) is 5.43 Å². The van der Waals surface area contributed by atoms with Crippen LogP contribution in [0, 0.1) is 0 Å². The molecule has 0 atom stereocenters. The number of hydrogen-bond acceptors (Lipinski definition) is 6. The van der Waals surface area contributed by atoms with Crippen molar-refractivity contribution in [3.8, 4) is 17.2 Å². The van der Waals surface area contributed by atoms with Crippen LogP contribution in [-0.2, 0) is 9.59 Å². The minimum absolute atomic E-state index is 0.120. The number of para-hydroxylation sites is 1. The zero-order valence-electron chi connectivity index (χ0n) is 13.6. The van der Waals surface area contributed by atoms with Crippen LogP contribution in [-0.4, -0.2) is 37.4 Å². The molecule has 130 valence electrons. The van der Waals surface area contributed by atoms with Crippen molar-refractivity contribution in [2.75, 3.05) is 19.5 Å². The quantitative estimate of drug-likeness (QED) is 0.433. The van der Waals surface area contributed by atoms with Crippen molar-refractivity contribution in [2.45, 2.75) is 0 Å². The van der Waals surface area contributed by atoms with Crippen molar-refractivity contribution in [1.82, 2.24) is 5.43 Å². The van der Waals surface area contributed by atoms with Crippen molar-refractivity contribution in [1.29, 1.82) is 0 Å². The van der Waals surface area contributed by atoms with Gasteiger partial charge in [-0.3, -0.25) is 9.59 Å². The van der Waals surface area contributed by atoms with Crippen LogP contribution in [0.25, 0.3) is 0 Å². The summed E-state index contributed by atoms with van der Waals surface area (Å²) in [5.74, 6) is -1.05. The van der Waals surface area contributed by atoms with E-state index in [0.29, 0.717) is 17.0 Å². The van der Waals surface area contributed by atoms with Gasteiger partial charge in [0.25, 0.3) is 0 Å². The highest BCUT2D eigenvalue weighted by Crippen LogP contribution is 2.27. The smallest absolute Gasteiger partial charge is 0.329 e. The van der Waals surface area contributed by atoms with Crippen LogP contribution < -0.4 is 20.2 Å². The lowest BCUT2D eigenvalue weighted by atomic mass is 10.2. The van der Waals surface area contributed by atoms with Gasteiger partial charge in [0.15, 0.2) is 11.5 Å². The predicted octanol–water partition coefficient (Wildman–Crippen LogP) is 1.50. The number of hydrazone groups is 1. The molecule has 0 aliphatic rings. The molecular weight excluding hydrogens is 326 g/mol. The van der Waals surface area contributed by atoms with E-state index in [0.717, 1.165) is 0 Å². The Hall–Kier alpha value is -3.55. The number of carbonyl (C=O) groups is 2. The number of hydrogen-bond donors (Lipinski definition) is 3. The Bertz CT molecular complexity index is 787. The number of carbonyl (C=O) groups excluding carboxylic acids is 2. The van der Waals surface area contributed by atoms with Crippen LogP contribution >= 0.6 is 0 Å². The number of benzene rings is 2. The zero-order valence-corrected chi connectivity index (χ0v) is 13.6. The first-order chi connectivity index (χ1) is 12.0. The van der Waals surface area contributed by atoms with Gasteiger partial charge in [-0.2, -0.15) is 5.10 Å². The highest BCUT2D eigenvalue weighted by molar-refractivity contribution is 6.39. The van der Waals surface area contributed by atoms with Crippen molar-refractivity contribution < 1.29 is 24.2 Å². The highest BCUT2D eigenvalue weighted by atomic mass is 16.5. The topological polar surface area (TPSA) is 109 Å². The number of phenols is 1. The van der Waals surface area contributed by atoms with Gasteiger partial charge in [0.1, 0.15) is 5.75 Å². The van der Waals surface area contributed by atoms with E-state index < -0.39 is 11.8 Å². The Morgan fingerprint density at radius 3 is 2.40 bits per heavy atom. The van der Waals surface area contributed by atoms with Gasteiger partial charge in [-0.1, -0.05) is 6.07 Å². The average molecular weight is 343 g/mol. The standard InChI is InChI=1S/C17H17N3O5/c1-24-13-8-6-12(7-9-13)19-16(22)17(23)20-18-10-11-4-3-5-14(25-2)15(11)21/h3-10,21H,1-2H3,(H,19,22)(H,20,23)/b18-10+. The number of nitrogens with one attached hydrogen (secondary N) is 2. The fourth-order valence-electron chi connectivity index (χ4n) is 1.88. The minimum atomic E-state index is -0.950. The molecule has 2 aromatic rings. The third-order valence-corrected chi connectivity index (χ3v) is 3.17. The number of phenolic OH excluding ortho intramolecular Hbond substituents is 1. The maximum atomic E-state index is 11.8. The first-order valence-corrected chi connectivity index (χ1v) is 7.19. The van der Waals surface area contributed by atoms with Crippen LogP contribution in [0.5, 0.6) is 17.2 Å². The first-order valence-electron chi connectivity index (χ1n) is 7.19. The van der Waals surface area contributed by atoms with Crippen molar-refractivity contribution in [3.05, 3.63) is 48.0 Å². The van der Waals surface area contributed by atoms with Gasteiger partial charge in [0.2, 0.25) is 0 Å². The summed E-state index contributed by atoms with van der Waals surface area (Å²) >= 11 is 0. The van der Waals surface area contributed by atoms with E-state index in [1.807, 2.05) is 0 Å². The van der Waals surface area contributed by atoms with Gasteiger partial charge >= 0.3 is 11.8 Å². The number of anilines is 1. The van der Waals surface area contributed by atoms with E-state index in [-0.39, 0.29) is 11.5 Å². The molecule has 0 aliphatic heterocycles. The monoisotopic (exact) mass is 343 g/mol. The average Bonchev–Trinajstić information content (AvgIpc) is 2.63. The molecular formula is C17H17N3O5. The van der Waals surface area contributed by atoms with E-state index in [1.54, 1.807) is 42.5 Å². The molecule has 0 spiro atoms. The molecule has 25 heavy (non-hydrogen) atoms. The van der Waals surface area contributed by atoms with Crippen LogP contribution in [0.1, 0.15) is 5.56 Å². The molecule has 2 aromatic carbocycles. The Balaban J connectivity index is 1.93. The lowest BCUT2D eigenvalue weighted by Crippen LogP contribution is -2.32. The van der Waals surface area contributed by atoms with Gasteiger partial charge in [-0.05, 0) is 36.4 Å². The van der Waals surface area contributed by atoms with Crippen molar-refractivity contribution >= 4 is 23.7 Å². The molecule has 8 heteroatoms. The number of rotatable bonds is 5. The summed E-state index contributed by atoms with van der Waals surface area (Å²) in [5, 5.41) is 16.0. The van der Waals surface area contributed by atoms with E-state index in [1.165, 1.54) is 20.4 Å². The maximum absolute atomic E-state index is 11.8. The molecule has 0 fully saturated rings. The molecule has 0 saturated heterocycles. The Morgan fingerprint density at radius 2 is 1.76 bits per heavy atom. The normalized spacial score (nSPS) is 10.3. The van der Waals surface area contributed by atoms with Gasteiger partial charge < -0.3 is 19.9 Å². The summed E-state index contributed by atoms with van der Waals surface area (Å²) in [7, 11) is 2.94. The Morgan fingerprint density at radius 1 is 1.04 bits per heavy atom. The van der Waals surface area contributed by atoms with Crippen LogP contribution in [0.15, 0.2) is 47.6 Å². The largest absolute Gasteiger partial charge is 0.504 e. The van der Waals surface area contributed by atoms with E-state index in [9.17, 15) is 14.7 Å². The number of ether oxygens (including phenoxy) is 2. The molecule has 0 radical (unpaired) electrons. The molecule has 2 amide bonds. The van der Waals surface area contributed by atoms with Gasteiger partial charge in [0.05, 0.1) is 20.4 Å². The molecule has 2 rings (SSSR count).